The zero-order valence-corrected chi connectivity index (χ0v) is 15.3. The van der Waals surface area contributed by atoms with Gasteiger partial charge in [-0.1, -0.05) is 37.3 Å². The van der Waals surface area contributed by atoms with Crippen LogP contribution in [0, 0.1) is 5.92 Å². The summed E-state index contributed by atoms with van der Waals surface area (Å²) in [4.78, 5) is 2.40. The van der Waals surface area contributed by atoms with Crippen LogP contribution in [0.15, 0.2) is 30.3 Å². The van der Waals surface area contributed by atoms with Gasteiger partial charge in [0, 0.05) is 19.1 Å². The Morgan fingerprint density at radius 1 is 1.22 bits per heavy atom. The third kappa shape index (κ3) is 5.70. The van der Waals surface area contributed by atoms with Gasteiger partial charge in [-0.05, 0) is 38.3 Å². The Hall–Kier alpha value is -0.710. The van der Waals surface area contributed by atoms with Gasteiger partial charge < -0.3 is 0 Å². The van der Waals surface area contributed by atoms with Crippen LogP contribution in [0.2, 0.25) is 0 Å². The fourth-order valence-corrected chi connectivity index (χ4v) is 4.59. The summed E-state index contributed by atoms with van der Waals surface area (Å²) in [6.45, 7) is 9.43. The van der Waals surface area contributed by atoms with Gasteiger partial charge in [0.05, 0.1) is 13.2 Å². The molecule has 1 aromatic carbocycles. The molecule has 1 aliphatic heterocycles. The largest absolute Gasteiger partial charge is 0.405 e. The van der Waals surface area contributed by atoms with E-state index >= 15 is 0 Å². The van der Waals surface area contributed by atoms with Crippen molar-refractivity contribution in [1.82, 2.24) is 9.99 Å². The summed E-state index contributed by atoms with van der Waals surface area (Å²) < 4.78 is 23.5. The molecule has 5 nitrogen and oxygen atoms in total. The maximum Gasteiger partial charge on any atom is 0.405 e. The van der Waals surface area contributed by atoms with Gasteiger partial charge in [-0.15, -0.1) is 0 Å². The van der Waals surface area contributed by atoms with E-state index in [0.717, 1.165) is 26.1 Å². The Labute approximate surface area is 139 Å². The smallest absolute Gasteiger partial charge is 0.298 e. The van der Waals surface area contributed by atoms with Crippen LogP contribution in [0.3, 0.4) is 0 Å². The standard InChI is InChI=1S/C17H29N2O3P/c1-4-21-23(20,22-5-2)18-17-14-19(12-11-15(17)3)13-16-9-7-6-8-10-16/h6-10,15,17H,4-5,11-14H2,1-3H3,(H,18,20)/t15-,17-/m1/s1. The summed E-state index contributed by atoms with van der Waals surface area (Å²) >= 11 is 0. The van der Waals surface area contributed by atoms with Crippen molar-refractivity contribution in [2.24, 2.45) is 5.92 Å². The molecule has 1 aliphatic rings. The molecule has 0 unspecified atom stereocenters. The number of piperidine rings is 1. The molecule has 1 heterocycles. The van der Waals surface area contributed by atoms with Gasteiger partial charge in [0.15, 0.2) is 0 Å². The minimum Gasteiger partial charge on any atom is -0.298 e. The van der Waals surface area contributed by atoms with Crippen LogP contribution in [0.4, 0.5) is 0 Å². The molecule has 130 valence electrons. The lowest BCUT2D eigenvalue weighted by atomic mass is 9.94. The lowest BCUT2D eigenvalue weighted by Crippen LogP contribution is -2.49. The van der Waals surface area contributed by atoms with E-state index in [1.54, 1.807) is 0 Å². The summed E-state index contributed by atoms with van der Waals surface area (Å²) in [5.41, 5.74) is 1.30. The van der Waals surface area contributed by atoms with E-state index < -0.39 is 7.75 Å². The number of benzene rings is 1. The molecule has 1 saturated heterocycles. The number of hydrogen-bond acceptors (Lipinski definition) is 4. The van der Waals surface area contributed by atoms with E-state index in [9.17, 15) is 4.57 Å². The molecule has 1 fully saturated rings. The quantitative estimate of drug-likeness (QED) is 0.732. The van der Waals surface area contributed by atoms with Crippen LogP contribution in [0.1, 0.15) is 32.8 Å². The van der Waals surface area contributed by atoms with E-state index in [-0.39, 0.29) is 6.04 Å². The second kappa shape index (κ2) is 8.95. The first-order chi connectivity index (χ1) is 11.1. The number of hydrogen-bond donors (Lipinski definition) is 1. The minimum absolute atomic E-state index is 0.108. The molecule has 2 rings (SSSR count). The van der Waals surface area contributed by atoms with Crippen molar-refractivity contribution < 1.29 is 13.6 Å². The summed E-state index contributed by atoms with van der Waals surface area (Å²) in [5, 5.41) is 3.17. The Morgan fingerprint density at radius 2 is 1.87 bits per heavy atom. The van der Waals surface area contributed by atoms with Crippen LogP contribution in [-0.2, 0) is 20.2 Å². The van der Waals surface area contributed by atoms with Crippen molar-refractivity contribution in [1.29, 1.82) is 0 Å². The molecule has 0 aromatic heterocycles. The second-order valence-electron chi connectivity index (χ2n) is 6.06. The monoisotopic (exact) mass is 340 g/mol. The molecule has 1 N–H and O–H groups in total. The van der Waals surface area contributed by atoms with Gasteiger partial charge >= 0.3 is 7.75 Å². The molecule has 0 aliphatic carbocycles. The third-order valence-electron chi connectivity index (χ3n) is 4.21. The highest BCUT2D eigenvalue weighted by atomic mass is 31.2. The van der Waals surface area contributed by atoms with Gasteiger partial charge in [-0.3, -0.25) is 13.9 Å². The number of likely N-dealkylation sites (tertiary alicyclic amines) is 1. The summed E-state index contributed by atoms with van der Waals surface area (Å²) in [7, 11) is -3.21. The molecule has 2 atom stereocenters. The first-order valence-corrected chi connectivity index (χ1v) is 10.0. The maximum absolute atomic E-state index is 12.7. The summed E-state index contributed by atoms with van der Waals surface area (Å²) in [5.74, 6) is 0.441. The van der Waals surface area contributed by atoms with Crippen LogP contribution >= 0.6 is 7.75 Å². The molecule has 6 heteroatoms. The van der Waals surface area contributed by atoms with Crippen molar-refractivity contribution in [3.8, 4) is 0 Å². The Balaban J connectivity index is 1.98. The van der Waals surface area contributed by atoms with E-state index in [0.29, 0.717) is 19.1 Å². The average Bonchev–Trinajstić information content (AvgIpc) is 2.52. The van der Waals surface area contributed by atoms with Crippen molar-refractivity contribution in [2.75, 3.05) is 26.3 Å². The van der Waals surface area contributed by atoms with Gasteiger partial charge in [0.1, 0.15) is 0 Å². The topological polar surface area (TPSA) is 50.8 Å². The predicted molar refractivity (Wildman–Crippen MR) is 93.3 cm³/mol. The first-order valence-electron chi connectivity index (χ1n) is 8.49. The number of nitrogens with zero attached hydrogens (tertiary/aromatic N) is 1. The third-order valence-corrected chi connectivity index (χ3v) is 6.06. The SMILES string of the molecule is CCOP(=O)(N[C@@H]1CN(Cc2ccccc2)CC[C@H]1C)OCC. The highest BCUT2D eigenvalue weighted by Gasteiger charge is 2.33. The fourth-order valence-electron chi connectivity index (χ4n) is 2.94. The lowest BCUT2D eigenvalue weighted by molar-refractivity contribution is 0.138. The molecule has 0 bridgehead atoms. The first kappa shape index (κ1) is 18.6. The molecule has 1 aromatic rings. The molecule has 23 heavy (non-hydrogen) atoms. The van der Waals surface area contributed by atoms with E-state index in [2.05, 4.69) is 41.2 Å². The lowest BCUT2D eigenvalue weighted by Gasteiger charge is -2.38. The van der Waals surface area contributed by atoms with Gasteiger partial charge in [-0.25, -0.2) is 9.65 Å². The van der Waals surface area contributed by atoms with Gasteiger partial charge in [0.2, 0.25) is 0 Å². The molecule has 0 spiro atoms. The van der Waals surface area contributed by atoms with Crippen molar-refractivity contribution in [2.45, 2.75) is 39.8 Å². The van der Waals surface area contributed by atoms with Crippen LogP contribution < -0.4 is 5.09 Å². The Kier molecular flexibility index (Phi) is 7.25. The zero-order chi connectivity index (χ0) is 16.7. The van der Waals surface area contributed by atoms with Gasteiger partial charge in [0.25, 0.3) is 0 Å². The second-order valence-corrected chi connectivity index (χ2v) is 7.82. The zero-order valence-electron chi connectivity index (χ0n) is 14.4. The Morgan fingerprint density at radius 3 is 2.48 bits per heavy atom. The predicted octanol–water partition coefficient (Wildman–Crippen LogP) is 3.67. The number of nitrogens with one attached hydrogen (secondary N) is 1. The Bertz CT molecular complexity index is 502. The average molecular weight is 340 g/mol. The van der Waals surface area contributed by atoms with E-state index in [1.807, 2.05) is 19.9 Å². The van der Waals surface area contributed by atoms with Crippen molar-refractivity contribution in [3.05, 3.63) is 35.9 Å². The normalized spacial score (nSPS) is 23.1. The van der Waals surface area contributed by atoms with Gasteiger partial charge in [-0.2, -0.15) is 0 Å². The fraction of sp³-hybridized carbons (Fsp3) is 0.647. The van der Waals surface area contributed by atoms with Crippen molar-refractivity contribution >= 4 is 7.75 Å². The minimum atomic E-state index is -3.21. The van der Waals surface area contributed by atoms with Crippen LogP contribution in [0.5, 0.6) is 0 Å². The summed E-state index contributed by atoms with van der Waals surface area (Å²) in [6, 6.07) is 10.6. The maximum atomic E-state index is 12.7. The molecule has 0 radical (unpaired) electrons. The van der Waals surface area contributed by atoms with E-state index in [4.69, 9.17) is 9.05 Å². The van der Waals surface area contributed by atoms with Crippen LogP contribution in [0.25, 0.3) is 0 Å². The molecule has 0 saturated carbocycles. The summed E-state index contributed by atoms with van der Waals surface area (Å²) in [6.07, 6.45) is 1.07. The molecule has 0 amide bonds. The highest BCUT2D eigenvalue weighted by Crippen LogP contribution is 2.45. The van der Waals surface area contributed by atoms with E-state index in [1.165, 1.54) is 5.56 Å². The molecular formula is C17H29N2O3P. The molecular weight excluding hydrogens is 311 g/mol. The van der Waals surface area contributed by atoms with Crippen molar-refractivity contribution in [3.63, 3.8) is 0 Å². The highest BCUT2D eigenvalue weighted by molar-refractivity contribution is 7.51. The van der Waals surface area contributed by atoms with Crippen LogP contribution in [-0.4, -0.2) is 37.2 Å². The number of rotatable bonds is 8.